The summed E-state index contributed by atoms with van der Waals surface area (Å²) in [5.74, 6) is -0.297. The summed E-state index contributed by atoms with van der Waals surface area (Å²) < 4.78 is 12.9. The van der Waals surface area contributed by atoms with Gasteiger partial charge in [0.2, 0.25) is 0 Å². The summed E-state index contributed by atoms with van der Waals surface area (Å²) in [4.78, 5) is 12.6. The summed E-state index contributed by atoms with van der Waals surface area (Å²) >= 11 is 3.29. The first kappa shape index (κ1) is 15.4. The highest BCUT2D eigenvalue weighted by molar-refractivity contribution is 9.08. The Hall–Kier alpha value is -1.95. The molecule has 0 heterocycles. The van der Waals surface area contributed by atoms with Crippen molar-refractivity contribution in [2.45, 2.75) is 11.9 Å². The lowest BCUT2D eigenvalue weighted by Crippen LogP contribution is -2.17. The molecule has 0 fully saturated rings. The number of nitro benzene ring substituents is 1. The van der Waals surface area contributed by atoms with E-state index in [-0.39, 0.29) is 16.4 Å². The van der Waals surface area contributed by atoms with Gasteiger partial charge >= 0.3 is 0 Å². The van der Waals surface area contributed by atoms with Gasteiger partial charge in [-0.15, -0.1) is 0 Å². The fourth-order valence-corrected chi connectivity index (χ4v) is 2.42. The van der Waals surface area contributed by atoms with Crippen LogP contribution >= 0.6 is 15.9 Å². The average molecular weight is 353 g/mol. The van der Waals surface area contributed by atoms with Crippen LogP contribution in [0.15, 0.2) is 42.5 Å². The van der Waals surface area contributed by atoms with Crippen molar-refractivity contribution in [2.24, 2.45) is 0 Å². The number of hydrogen-bond acceptors (Lipinski definition) is 3. The average Bonchev–Trinajstić information content (AvgIpc) is 2.48. The van der Waals surface area contributed by atoms with E-state index in [1.165, 1.54) is 12.1 Å². The zero-order chi connectivity index (χ0) is 15.4. The number of alkyl halides is 1. The number of halogens is 2. The largest absolute Gasteiger partial charge is 0.365 e. The number of nitrogens with zero attached hydrogens (tertiary/aromatic N) is 2. The first-order chi connectivity index (χ1) is 10.0. The molecule has 2 rings (SSSR count). The highest BCUT2D eigenvalue weighted by Gasteiger charge is 2.17. The maximum atomic E-state index is 12.9. The standard InChI is InChI=1S/C15H14BrFN2O2/c1-18(10-11-2-5-13(17)6-3-11)14-7-4-12(9-16)8-15(14)19(20)21/h2-8H,9-10H2,1H3. The van der Waals surface area contributed by atoms with E-state index in [0.717, 1.165) is 11.1 Å². The summed E-state index contributed by atoms with van der Waals surface area (Å²) in [5.41, 5.74) is 2.34. The molecule has 0 bridgehead atoms. The van der Waals surface area contributed by atoms with Gasteiger partial charge < -0.3 is 4.90 Å². The van der Waals surface area contributed by atoms with Crippen LogP contribution in [0.2, 0.25) is 0 Å². The Kier molecular flexibility index (Phi) is 4.90. The first-order valence-electron chi connectivity index (χ1n) is 6.30. The normalized spacial score (nSPS) is 10.4. The number of rotatable bonds is 5. The lowest BCUT2D eigenvalue weighted by molar-refractivity contribution is -0.384. The molecule has 0 amide bonds. The van der Waals surface area contributed by atoms with Crippen LogP contribution in [0.3, 0.4) is 0 Å². The third kappa shape index (κ3) is 3.78. The Bertz CT molecular complexity index is 647. The van der Waals surface area contributed by atoms with E-state index < -0.39 is 0 Å². The molecule has 2 aromatic rings. The third-order valence-electron chi connectivity index (χ3n) is 3.14. The van der Waals surface area contributed by atoms with Crippen molar-refractivity contribution in [3.05, 3.63) is 69.5 Å². The summed E-state index contributed by atoms with van der Waals surface area (Å²) in [7, 11) is 1.78. The van der Waals surface area contributed by atoms with Crippen molar-refractivity contribution in [3.63, 3.8) is 0 Å². The smallest absolute Gasteiger partial charge is 0.292 e. The van der Waals surface area contributed by atoms with E-state index in [1.54, 1.807) is 36.2 Å². The molecular formula is C15H14BrFN2O2. The topological polar surface area (TPSA) is 46.4 Å². The second-order valence-electron chi connectivity index (χ2n) is 4.70. The van der Waals surface area contributed by atoms with Crippen LogP contribution in [0.5, 0.6) is 0 Å². The number of hydrogen-bond donors (Lipinski definition) is 0. The van der Waals surface area contributed by atoms with Crippen LogP contribution in [0.1, 0.15) is 11.1 Å². The summed E-state index contributed by atoms with van der Waals surface area (Å²) in [6, 6.07) is 11.2. The van der Waals surface area contributed by atoms with Crippen LogP contribution in [0.25, 0.3) is 0 Å². The van der Waals surface area contributed by atoms with Crippen LogP contribution in [-0.4, -0.2) is 12.0 Å². The lowest BCUT2D eigenvalue weighted by atomic mass is 10.1. The summed E-state index contributed by atoms with van der Waals surface area (Å²) in [6.45, 7) is 0.467. The first-order valence-corrected chi connectivity index (χ1v) is 7.42. The molecule has 0 atom stereocenters. The highest BCUT2D eigenvalue weighted by Crippen LogP contribution is 2.30. The molecule has 0 aliphatic rings. The maximum absolute atomic E-state index is 12.9. The lowest BCUT2D eigenvalue weighted by Gasteiger charge is -2.19. The Morgan fingerprint density at radius 3 is 2.38 bits per heavy atom. The summed E-state index contributed by atoms with van der Waals surface area (Å²) in [6.07, 6.45) is 0. The van der Waals surface area contributed by atoms with Gasteiger partial charge in [0.05, 0.1) is 4.92 Å². The van der Waals surface area contributed by atoms with Gasteiger partial charge in [-0.05, 0) is 29.3 Å². The van der Waals surface area contributed by atoms with Crippen molar-refractivity contribution >= 4 is 27.3 Å². The SMILES string of the molecule is CN(Cc1ccc(F)cc1)c1ccc(CBr)cc1[N+](=O)[O-]. The van der Waals surface area contributed by atoms with Gasteiger partial charge in [0, 0.05) is 25.0 Å². The molecule has 0 saturated carbocycles. The van der Waals surface area contributed by atoms with Crippen molar-refractivity contribution < 1.29 is 9.31 Å². The molecule has 2 aromatic carbocycles. The van der Waals surface area contributed by atoms with E-state index in [4.69, 9.17) is 0 Å². The number of benzene rings is 2. The van der Waals surface area contributed by atoms with Gasteiger partial charge in [-0.3, -0.25) is 10.1 Å². The summed E-state index contributed by atoms with van der Waals surface area (Å²) in [5, 5.41) is 11.8. The predicted octanol–water partition coefficient (Wildman–Crippen LogP) is 4.27. The van der Waals surface area contributed by atoms with E-state index in [0.29, 0.717) is 17.6 Å². The minimum absolute atomic E-state index is 0.0663. The molecule has 0 N–H and O–H groups in total. The van der Waals surface area contributed by atoms with Crippen LogP contribution in [-0.2, 0) is 11.9 Å². The zero-order valence-corrected chi connectivity index (χ0v) is 13.0. The molecule has 110 valence electrons. The molecular weight excluding hydrogens is 339 g/mol. The molecule has 0 saturated heterocycles. The molecule has 0 spiro atoms. The maximum Gasteiger partial charge on any atom is 0.292 e. The van der Waals surface area contributed by atoms with Gasteiger partial charge in [0.15, 0.2) is 0 Å². The quantitative estimate of drug-likeness (QED) is 0.458. The van der Waals surface area contributed by atoms with Crippen molar-refractivity contribution in [3.8, 4) is 0 Å². The predicted molar refractivity (Wildman–Crippen MR) is 84.2 cm³/mol. The number of nitro groups is 1. The van der Waals surface area contributed by atoms with Crippen LogP contribution < -0.4 is 4.90 Å². The Morgan fingerprint density at radius 1 is 1.19 bits per heavy atom. The van der Waals surface area contributed by atoms with E-state index >= 15 is 0 Å². The van der Waals surface area contributed by atoms with Crippen molar-refractivity contribution in [1.29, 1.82) is 0 Å². The molecule has 0 radical (unpaired) electrons. The van der Waals surface area contributed by atoms with Crippen LogP contribution in [0.4, 0.5) is 15.8 Å². The molecule has 0 aromatic heterocycles. The van der Waals surface area contributed by atoms with Gasteiger partial charge in [-0.25, -0.2) is 4.39 Å². The van der Waals surface area contributed by atoms with E-state index in [1.807, 2.05) is 6.07 Å². The third-order valence-corrected chi connectivity index (χ3v) is 3.78. The number of anilines is 1. The molecule has 4 nitrogen and oxygen atoms in total. The Balaban J connectivity index is 2.27. The fourth-order valence-electron chi connectivity index (χ4n) is 2.07. The minimum atomic E-state index is -0.386. The van der Waals surface area contributed by atoms with Crippen LogP contribution in [0, 0.1) is 15.9 Å². The minimum Gasteiger partial charge on any atom is -0.365 e. The second kappa shape index (κ2) is 6.67. The second-order valence-corrected chi connectivity index (χ2v) is 5.26. The van der Waals surface area contributed by atoms with Gasteiger partial charge in [-0.1, -0.05) is 34.1 Å². The van der Waals surface area contributed by atoms with Gasteiger partial charge in [0.1, 0.15) is 11.5 Å². The Morgan fingerprint density at radius 2 is 1.81 bits per heavy atom. The molecule has 0 aliphatic heterocycles. The molecule has 0 aliphatic carbocycles. The van der Waals surface area contributed by atoms with E-state index in [9.17, 15) is 14.5 Å². The molecule has 6 heteroatoms. The zero-order valence-electron chi connectivity index (χ0n) is 11.4. The van der Waals surface area contributed by atoms with Gasteiger partial charge in [-0.2, -0.15) is 0 Å². The van der Waals surface area contributed by atoms with Gasteiger partial charge in [0.25, 0.3) is 5.69 Å². The molecule has 21 heavy (non-hydrogen) atoms. The van der Waals surface area contributed by atoms with Crippen molar-refractivity contribution in [2.75, 3.05) is 11.9 Å². The van der Waals surface area contributed by atoms with E-state index in [2.05, 4.69) is 15.9 Å². The highest BCUT2D eigenvalue weighted by atomic mass is 79.9. The molecule has 0 unspecified atom stereocenters. The fraction of sp³-hybridized carbons (Fsp3) is 0.200. The Labute approximate surface area is 130 Å². The van der Waals surface area contributed by atoms with Crippen molar-refractivity contribution in [1.82, 2.24) is 0 Å². The monoisotopic (exact) mass is 352 g/mol.